The summed E-state index contributed by atoms with van der Waals surface area (Å²) in [7, 11) is 1.32. The van der Waals surface area contributed by atoms with Crippen LogP contribution in [0.2, 0.25) is 0 Å². The Balaban J connectivity index is 1.34. The molecule has 190 valence electrons. The lowest BCUT2D eigenvalue weighted by atomic mass is 9.96. The van der Waals surface area contributed by atoms with Crippen molar-refractivity contribution < 1.29 is 24.2 Å². The molecule has 3 aliphatic heterocycles. The number of β-lactam (4-membered cyclic amide) rings is 1. The van der Waals surface area contributed by atoms with Crippen molar-refractivity contribution in [3.05, 3.63) is 51.2 Å². The molecular formula is C22H23N5O5S4. The lowest BCUT2D eigenvalue weighted by Crippen LogP contribution is -2.81. The zero-order valence-electron chi connectivity index (χ0n) is 19.3. The molecule has 0 bridgehead atoms. The summed E-state index contributed by atoms with van der Waals surface area (Å²) in [6.07, 6.45) is 0. The van der Waals surface area contributed by atoms with E-state index in [4.69, 9.17) is 10.5 Å². The van der Waals surface area contributed by atoms with Gasteiger partial charge >= 0.3 is 5.97 Å². The van der Waals surface area contributed by atoms with Crippen LogP contribution in [-0.4, -0.2) is 67.7 Å². The van der Waals surface area contributed by atoms with Gasteiger partial charge in [0.15, 0.2) is 4.34 Å². The quantitative estimate of drug-likeness (QED) is 0.245. The average molecular weight is 566 g/mol. The molecule has 0 spiro atoms. The fourth-order valence-electron chi connectivity index (χ4n) is 4.34. The zero-order valence-corrected chi connectivity index (χ0v) is 22.6. The Morgan fingerprint density at radius 2 is 2.11 bits per heavy atom. The first-order valence-electron chi connectivity index (χ1n) is 10.9. The van der Waals surface area contributed by atoms with E-state index >= 15 is 0 Å². The zero-order chi connectivity index (χ0) is 25.6. The van der Waals surface area contributed by atoms with E-state index in [1.165, 1.54) is 52.4 Å². The van der Waals surface area contributed by atoms with E-state index in [9.17, 15) is 19.5 Å². The number of aromatic nitrogens is 2. The molecule has 36 heavy (non-hydrogen) atoms. The summed E-state index contributed by atoms with van der Waals surface area (Å²) in [6.45, 7) is 1.84. The maximum Gasteiger partial charge on any atom is 0.352 e. The smallest absolute Gasteiger partial charge is 0.352 e. The number of aryl methyl sites for hydroxylation is 1. The second kappa shape index (κ2) is 9.99. The van der Waals surface area contributed by atoms with Crippen LogP contribution in [0.4, 0.5) is 0 Å². The highest BCUT2D eigenvalue weighted by Crippen LogP contribution is 2.47. The molecule has 1 aromatic carbocycles. The molecule has 3 atom stereocenters. The number of nitrogens with zero attached hydrogens (tertiary/aromatic N) is 3. The second-order valence-corrected chi connectivity index (χ2v) is 12.9. The first kappa shape index (κ1) is 25.5. The van der Waals surface area contributed by atoms with Crippen LogP contribution < -0.4 is 11.1 Å². The minimum atomic E-state index is -1.69. The number of carbonyl (C=O) groups excluding carboxylic acids is 2. The normalized spacial score (nSPS) is 23.7. The van der Waals surface area contributed by atoms with E-state index in [1.54, 1.807) is 11.8 Å². The predicted molar refractivity (Wildman–Crippen MR) is 139 cm³/mol. The van der Waals surface area contributed by atoms with E-state index in [0.29, 0.717) is 22.6 Å². The van der Waals surface area contributed by atoms with E-state index in [2.05, 4.69) is 15.5 Å². The molecule has 5 rings (SSSR count). The van der Waals surface area contributed by atoms with Crippen LogP contribution >= 0.6 is 46.6 Å². The van der Waals surface area contributed by atoms with Crippen LogP contribution in [0.25, 0.3) is 0 Å². The minimum Gasteiger partial charge on any atom is -0.477 e. The van der Waals surface area contributed by atoms with Crippen LogP contribution in [0.5, 0.6) is 0 Å². The summed E-state index contributed by atoms with van der Waals surface area (Å²) >= 11 is 5.94. The lowest BCUT2D eigenvalue weighted by molar-refractivity contribution is -0.192. The molecule has 0 saturated carbocycles. The van der Waals surface area contributed by atoms with E-state index in [-0.39, 0.29) is 5.70 Å². The predicted octanol–water partition coefficient (Wildman–Crippen LogP) is 2.10. The number of ether oxygens (including phenoxy) is 1. The summed E-state index contributed by atoms with van der Waals surface area (Å²) in [5, 5.41) is 20.7. The standard InChI is InChI=1S/C22H23N5O5S4/c1-10-25-26-21(36-10)35-9-14-8-34-20-22(32-2,19(31)27(20)16(14)18(29)30)24-17(28)15(23)11-3-4-12-6-33-7-13(12)5-11/h3-5,15,20H,6-9,23H2,1-2H3,(H,24,28)(H,29,30). The third-order valence-electron chi connectivity index (χ3n) is 6.21. The highest BCUT2D eigenvalue weighted by molar-refractivity contribution is 8.01. The molecule has 1 fully saturated rings. The molecule has 0 radical (unpaired) electrons. The van der Waals surface area contributed by atoms with Crippen molar-refractivity contribution in [2.24, 2.45) is 5.73 Å². The van der Waals surface area contributed by atoms with Gasteiger partial charge in [-0.1, -0.05) is 41.3 Å². The highest BCUT2D eigenvalue weighted by Gasteiger charge is 2.66. The number of carboxylic acids is 1. The van der Waals surface area contributed by atoms with Crippen molar-refractivity contribution in [2.45, 2.75) is 39.9 Å². The summed E-state index contributed by atoms with van der Waals surface area (Å²) in [6, 6.07) is 4.73. The van der Waals surface area contributed by atoms with Gasteiger partial charge in [0.1, 0.15) is 22.1 Å². The average Bonchev–Trinajstić information content (AvgIpc) is 3.52. The van der Waals surface area contributed by atoms with Gasteiger partial charge in [0.05, 0.1) is 0 Å². The number of benzene rings is 1. The molecular weight excluding hydrogens is 543 g/mol. The third kappa shape index (κ3) is 4.33. The number of fused-ring (bicyclic) bond motifs is 2. The number of hydrogen-bond acceptors (Lipinski definition) is 11. The van der Waals surface area contributed by atoms with Gasteiger partial charge in [-0.15, -0.1) is 22.0 Å². The number of rotatable bonds is 8. The van der Waals surface area contributed by atoms with Crippen LogP contribution in [-0.2, 0) is 30.6 Å². The SMILES string of the molecule is COC1(NC(=O)C(N)c2ccc3c(c2)CSC3)C(=O)N2C(C(=O)O)=C(CSc3nnc(C)s3)CSC21. The Morgan fingerprint density at radius 3 is 2.81 bits per heavy atom. The van der Waals surface area contributed by atoms with Crippen molar-refractivity contribution in [1.29, 1.82) is 0 Å². The molecule has 2 amide bonds. The number of carboxylic acid groups (broad SMARTS) is 1. The summed E-state index contributed by atoms with van der Waals surface area (Å²) in [5.74, 6) is 0.109. The van der Waals surface area contributed by atoms with Gasteiger partial charge in [0.25, 0.3) is 11.6 Å². The molecule has 3 unspecified atom stereocenters. The Hall–Kier alpha value is -2.10. The number of nitrogens with two attached hydrogens (primary N) is 1. The Kier molecular flexibility index (Phi) is 7.09. The van der Waals surface area contributed by atoms with Crippen molar-refractivity contribution in [3.8, 4) is 0 Å². The van der Waals surface area contributed by atoms with Crippen molar-refractivity contribution in [1.82, 2.24) is 20.4 Å². The maximum absolute atomic E-state index is 13.3. The third-order valence-corrected chi connectivity index (χ3v) is 10.7. The van der Waals surface area contributed by atoms with Gasteiger partial charge in [-0.05, 0) is 29.2 Å². The van der Waals surface area contributed by atoms with Crippen LogP contribution in [0, 0.1) is 6.92 Å². The van der Waals surface area contributed by atoms with E-state index in [1.807, 2.05) is 25.1 Å². The summed E-state index contributed by atoms with van der Waals surface area (Å²) in [4.78, 5) is 39.8. The Bertz CT molecular complexity index is 1280. The molecule has 1 aromatic heterocycles. The maximum atomic E-state index is 13.3. The summed E-state index contributed by atoms with van der Waals surface area (Å²) < 4.78 is 6.27. The molecule has 1 saturated heterocycles. The van der Waals surface area contributed by atoms with Crippen LogP contribution in [0.1, 0.15) is 27.7 Å². The monoisotopic (exact) mass is 565 g/mol. The number of methoxy groups -OCH3 is 1. The van der Waals surface area contributed by atoms with Crippen LogP contribution in [0.3, 0.4) is 0 Å². The van der Waals surface area contributed by atoms with Gasteiger partial charge in [0, 0.05) is 30.1 Å². The Morgan fingerprint density at radius 1 is 1.33 bits per heavy atom. The molecule has 4 N–H and O–H groups in total. The van der Waals surface area contributed by atoms with Gasteiger partial charge in [0.2, 0.25) is 5.91 Å². The number of aliphatic carboxylic acids is 1. The highest BCUT2D eigenvalue weighted by atomic mass is 32.2. The van der Waals surface area contributed by atoms with Crippen molar-refractivity contribution in [3.63, 3.8) is 0 Å². The number of thioether (sulfide) groups is 3. The Labute approximate surface area is 223 Å². The first-order chi connectivity index (χ1) is 17.2. The topological polar surface area (TPSA) is 148 Å². The van der Waals surface area contributed by atoms with Gasteiger partial charge in [-0.2, -0.15) is 11.8 Å². The number of carbonyl (C=O) groups is 3. The molecule has 2 aromatic rings. The van der Waals surface area contributed by atoms with E-state index < -0.39 is 34.9 Å². The molecule has 4 heterocycles. The number of amides is 2. The molecule has 14 heteroatoms. The van der Waals surface area contributed by atoms with Crippen LogP contribution in [0.15, 0.2) is 33.8 Å². The van der Waals surface area contributed by atoms with Gasteiger partial charge < -0.3 is 20.9 Å². The fraction of sp³-hybridized carbons (Fsp3) is 0.409. The summed E-state index contributed by atoms with van der Waals surface area (Å²) in [5.41, 5.74) is 8.12. The van der Waals surface area contributed by atoms with Gasteiger partial charge in [-0.3, -0.25) is 14.5 Å². The van der Waals surface area contributed by atoms with E-state index in [0.717, 1.165) is 26.4 Å². The second-order valence-electron chi connectivity index (χ2n) is 8.40. The number of hydrogen-bond donors (Lipinski definition) is 3. The first-order valence-corrected chi connectivity index (χ1v) is 14.9. The lowest BCUT2D eigenvalue weighted by Gasteiger charge is -2.56. The molecule has 10 nitrogen and oxygen atoms in total. The molecule has 0 aliphatic carbocycles. The van der Waals surface area contributed by atoms with Crippen molar-refractivity contribution in [2.75, 3.05) is 18.6 Å². The number of nitrogens with one attached hydrogen (secondary N) is 1. The van der Waals surface area contributed by atoms with Gasteiger partial charge in [-0.25, -0.2) is 4.79 Å². The largest absolute Gasteiger partial charge is 0.477 e. The molecule has 3 aliphatic rings. The minimum absolute atomic E-state index is 0.0835. The fourth-order valence-corrected chi connectivity index (χ4v) is 8.82. The van der Waals surface area contributed by atoms with Crippen molar-refractivity contribution >= 4 is 64.4 Å².